The largest absolute Gasteiger partial charge is 0.379 e. The Bertz CT molecular complexity index is 716. The first kappa shape index (κ1) is 18.1. The van der Waals surface area contributed by atoms with Crippen LogP contribution in [0.15, 0.2) is 36.5 Å². The molecule has 1 fully saturated rings. The normalized spacial score (nSPS) is 14.7. The Labute approximate surface area is 153 Å². The molecule has 0 bridgehead atoms. The van der Waals surface area contributed by atoms with E-state index >= 15 is 0 Å². The Kier molecular flexibility index (Phi) is 6.34. The number of amides is 1. The van der Waals surface area contributed by atoms with Crippen LogP contribution in [0, 0.1) is 0 Å². The van der Waals surface area contributed by atoms with Crippen molar-refractivity contribution in [3.8, 4) is 0 Å². The van der Waals surface area contributed by atoms with Crippen LogP contribution < -0.4 is 16.0 Å². The molecule has 0 spiro atoms. The molecule has 0 unspecified atom stereocenters. The average molecular weight is 356 g/mol. The zero-order valence-electron chi connectivity index (χ0n) is 14.9. The Morgan fingerprint density at radius 2 is 1.88 bits per heavy atom. The highest BCUT2D eigenvalue weighted by Crippen LogP contribution is 2.18. The van der Waals surface area contributed by atoms with E-state index in [1.165, 1.54) is 6.92 Å². The van der Waals surface area contributed by atoms with Gasteiger partial charge >= 0.3 is 0 Å². The number of nitrogens with zero attached hydrogens (tertiary/aromatic N) is 3. The lowest BCUT2D eigenvalue weighted by Crippen LogP contribution is -2.39. The molecule has 8 nitrogen and oxygen atoms in total. The molecule has 2 aromatic rings. The van der Waals surface area contributed by atoms with Gasteiger partial charge in [-0.05, 0) is 30.3 Å². The zero-order chi connectivity index (χ0) is 18.2. The lowest BCUT2D eigenvalue weighted by molar-refractivity contribution is -0.114. The summed E-state index contributed by atoms with van der Waals surface area (Å²) in [5.74, 6) is 1.22. The van der Waals surface area contributed by atoms with E-state index in [1.54, 1.807) is 6.20 Å². The van der Waals surface area contributed by atoms with E-state index in [1.807, 2.05) is 30.3 Å². The van der Waals surface area contributed by atoms with Gasteiger partial charge < -0.3 is 20.7 Å². The topological polar surface area (TPSA) is 91.4 Å². The van der Waals surface area contributed by atoms with E-state index in [2.05, 4.69) is 30.8 Å². The first-order valence-electron chi connectivity index (χ1n) is 8.71. The van der Waals surface area contributed by atoms with Crippen molar-refractivity contribution in [3.05, 3.63) is 36.5 Å². The first-order chi connectivity index (χ1) is 12.7. The summed E-state index contributed by atoms with van der Waals surface area (Å²) >= 11 is 0. The molecule has 3 N–H and O–H groups in total. The Morgan fingerprint density at radius 3 is 2.62 bits per heavy atom. The van der Waals surface area contributed by atoms with Gasteiger partial charge in [-0.25, -0.2) is 4.98 Å². The lowest BCUT2D eigenvalue weighted by atomic mass is 10.2. The van der Waals surface area contributed by atoms with E-state index in [4.69, 9.17) is 4.74 Å². The van der Waals surface area contributed by atoms with Gasteiger partial charge in [0.1, 0.15) is 5.82 Å². The molecule has 138 valence electrons. The predicted molar refractivity (Wildman–Crippen MR) is 102 cm³/mol. The van der Waals surface area contributed by atoms with Crippen molar-refractivity contribution in [1.29, 1.82) is 0 Å². The molecule has 3 rings (SSSR count). The number of benzene rings is 1. The van der Waals surface area contributed by atoms with Gasteiger partial charge in [-0.2, -0.15) is 4.98 Å². The van der Waals surface area contributed by atoms with Crippen LogP contribution in [-0.2, 0) is 9.53 Å². The summed E-state index contributed by atoms with van der Waals surface area (Å²) in [5.41, 5.74) is 1.65. The molecule has 0 saturated carbocycles. The summed E-state index contributed by atoms with van der Waals surface area (Å²) in [6.07, 6.45) is 1.72. The van der Waals surface area contributed by atoms with Crippen molar-refractivity contribution in [2.45, 2.75) is 6.92 Å². The number of aromatic nitrogens is 2. The van der Waals surface area contributed by atoms with Crippen LogP contribution >= 0.6 is 0 Å². The maximum atomic E-state index is 11.1. The molecule has 1 amide bonds. The maximum Gasteiger partial charge on any atom is 0.224 e. The van der Waals surface area contributed by atoms with Crippen LogP contribution in [0.2, 0.25) is 0 Å². The van der Waals surface area contributed by atoms with Crippen LogP contribution in [0.4, 0.5) is 23.1 Å². The summed E-state index contributed by atoms with van der Waals surface area (Å²) in [7, 11) is 0. The standard InChI is InChI=1S/C18H24N6O2/c1-14(25)21-15-2-4-16(5-3-15)22-17-6-7-19-18(23-17)20-8-9-24-10-12-26-13-11-24/h2-7H,8-13H2,1H3,(H,21,25)(H2,19,20,22,23). The molecule has 8 heteroatoms. The van der Waals surface area contributed by atoms with Gasteiger partial charge in [-0.3, -0.25) is 9.69 Å². The van der Waals surface area contributed by atoms with E-state index in [0.717, 1.165) is 50.8 Å². The number of nitrogens with one attached hydrogen (secondary N) is 3. The quantitative estimate of drug-likeness (QED) is 0.698. The second-order valence-electron chi connectivity index (χ2n) is 6.03. The number of anilines is 4. The van der Waals surface area contributed by atoms with Gasteiger partial charge in [0.05, 0.1) is 13.2 Å². The summed E-state index contributed by atoms with van der Waals surface area (Å²) < 4.78 is 5.35. The fourth-order valence-electron chi connectivity index (χ4n) is 2.65. The summed E-state index contributed by atoms with van der Waals surface area (Å²) in [5, 5.41) is 9.23. The summed E-state index contributed by atoms with van der Waals surface area (Å²) in [6.45, 7) is 6.76. The second-order valence-corrected chi connectivity index (χ2v) is 6.03. The summed E-state index contributed by atoms with van der Waals surface area (Å²) in [6, 6.07) is 9.27. The molecule has 1 aliphatic heterocycles. The smallest absolute Gasteiger partial charge is 0.224 e. The Balaban J connectivity index is 1.51. The number of morpholine rings is 1. The minimum Gasteiger partial charge on any atom is -0.379 e. The predicted octanol–water partition coefficient (Wildman–Crippen LogP) is 1.92. The molecule has 2 heterocycles. The van der Waals surface area contributed by atoms with Gasteiger partial charge in [0, 0.05) is 50.7 Å². The maximum absolute atomic E-state index is 11.1. The van der Waals surface area contributed by atoms with Crippen molar-refractivity contribution < 1.29 is 9.53 Å². The van der Waals surface area contributed by atoms with E-state index < -0.39 is 0 Å². The number of carbonyl (C=O) groups excluding carboxylic acids is 1. The molecule has 0 atom stereocenters. The van der Waals surface area contributed by atoms with Crippen molar-refractivity contribution in [3.63, 3.8) is 0 Å². The zero-order valence-corrected chi connectivity index (χ0v) is 14.9. The summed E-state index contributed by atoms with van der Waals surface area (Å²) in [4.78, 5) is 22.1. The molecule has 26 heavy (non-hydrogen) atoms. The van der Waals surface area contributed by atoms with Crippen LogP contribution in [0.5, 0.6) is 0 Å². The van der Waals surface area contributed by atoms with Crippen molar-refractivity contribution >= 4 is 29.0 Å². The minimum absolute atomic E-state index is 0.0886. The van der Waals surface area contributed by atoms with Gasteiger partial charge in [-0.15, -0.1) is 0 Å². The van der Waals surface area contributed by atoms with Crippen LogP contribution in [0.25, 0.3) is 0 Å². The van der Waals surface area contributed by atoms with Crippen molar-refractivity contribution in [1.82, 2.24) is 14.9 Å². The SMILES string of the molecule is CC(=O)Nc1ccc(Nc2ccnc(NCCN3CCOCC3)n2)cc1. The molecule has 0 radical (unpaired) electrons. The molecular formula is C18H24N6O2. The highest BCUT2D eigenvalue weighted by atomic mass is 16.5. The van der Waals surface area contributed by atoms with Crippen LogP contribution in [-0.4, -0.2) is 60.2 Å². The van der Waals surface area contributed by atoms with Crippen LogP contribution in [0.3, 0.4) is 0 Å². The molecule has 1 saturated heterocycles. The molecule has 1 aromatic carbocycles. The second kappa shape index (κ2) is 9.12. The highest BCUT2D eigenvalue weighted by Gasteiger charge is 2.09. The third kappa shape index (κ3) is 5.68. The number of carbonyl (C=O) groups is 1. The van der Waals surface area contributed by atoms with Crippen molar-refractivity contribution in [2.24, 2.45) is 0 Å². The van der Waals surface area contributed by atoms with Gasteiger partial charge in [0.25, 0.3) is 0 Å². The van der Waals surface area contributed by atoms with Gasteiger partial charge in [0.2, 0.25) is 11.9 Å². The average Bonchev–Trinajstić information content (AvgIpc) is 2.64. The lowest BCUT2D eigenvalue weighted by Gasteiger charge is -2.26. The van der Waals surface area contributed by atoms with E-state index in [-0.39, 0.29) is 5.91 Å². The Hall–Kier alpha value is -2.71. The number of rotatable bonds is 7. The third-order valence-corrected chi connectivity index (χ3v) is 3.95. The first-order valence-corrected chi connectivity index (χ1v) is 8.71. The Morgan fingerprint density at radius 1 is 1.15 bits per heavy atom. The van der Waals surface area contributed by atoms with E-state index in [9.17, 15) is 4.79 Å². The fraction of sp³-hybridized carbons (Fsp3) is 0.389. The molecular weight excluding hydrogens is 332 g/mol. The number of hydrogen-bond donors (Lipinski definition) is 3. The number of ether oxygens (including phenoxy) is 1. The fourth-order valence-corrected chi connectivity index (χ4v) is 2.65. The highest BCUT2D eigenvalue weighted by molar-refractivity contribution is 5.88. The molecule has 1 aliphatic rings. The van der Waals surface area contributed by atoms with E-state index in [0.29, 0.717) is 11.8 Å². The number of hydrogen-bond acceptors (Lipinski definition) is 7. The third-order valence-electron chi connectivity index (χ3n) is 3.95. The van der Waals surface area contributed by atoms with Crippen LogP contribution in [0.1, 0.15) is 6.92 Å². The van der Waals surface area contributed by atoms with Gasteiger partial charge in [-0.1, -0.05) is 0 Å². The van der Waals surface area contributed by atoms with Crippen molar-refractivity contribution in [2.75, 3.05) is 55.3 Å². The van der Waals surface area contributed by atoms with Gasteiger partial charge in [0.15, 0.2) is 0 Å². The minimum atomic E-state index is -0.0886. The monoisotopic (exact) mass is 356 g/mol. The molecule has 1 aromatic heterocycles. The molecule has 0 aliphatic carbocycles.